The second-order valence-electron chi connectivity index (χ2n) is 6.75. The van der Waals surface area contributed by atoms with E-state index in [-0.39, 0.29) is 11.8 Å². The van der Waals surface area contributed by atoms with Crippen molar-refractivity contribution in [2.45, 2.75) is 19.8 Å². The smallest absolute Gasteiger partial charge is 0.241 e. The maximum Gasteiger partial charge on any atom is 0.241 e. The van der Waals surface area contributed by atoms with Crippen molar-refractivity contribution in [3.63, 3.8) is 0 Å². The topological polar surface area (TPSA) is 58.2 Å². The van der Waals surface area contributed by atoms with E-state index in [0.29, 0.717) is 16.9 Å². The summed E-state index contributed by atoms with van der Waals surface area (Å²) in [6.45, 7) is 3.88. The minimum absolute atomic E-state index is 0.385. The molecule has 148 valence electrons. The van der Waals surface area contributed by atoms with Crippen LogP contribution < -0.4 is 10.6 Å². The number of hydrogen-bond acceptors (Lipinski definition) is 2. The van der Waals surface area contributed by atoms with Crippen LogP contribution in [0.5, 0.6) is 0 Å². The minimum atomic E-state index is -0.982. The van der Waals surface area contributed by atoms with Gasteiger partial charge in [-0.15, -0.1) is 0 Å². The van der Waals surface area contributed by atoms with E-state index >= 15 is 0 Å². The molecule has 29 heavy (non-hydrogen) atoms. The van der Waals surface area contributed by atoms with Crippen molar-refractivity contribution in [3.8, 4) is 0 Å². The fraction of sp³-hybridized carbons (Fsp3) is 0.130. The summed E-state index contributed by atoms with van der Waals surface area (Å²) in [5.41, 5.74) is 3.90. The molecule has 0 atom stereocenters. The Morgan fingerprint density at radius 1 is 0.724 bits per heavy atom. The van der Waals surface area contributed by atoms with Crippen LogP contribution in [0, 0.1) is 13.8 Å². The minimum Gasteiger partial charge on any atom is -0.325 e. The maximum atomic E-state index is 13.1. The molecule has 0 aliphatic rings. The summed E-state index contributed by atoms with van der Waals surface area (Å²) >= 11 is 6.90. The Labute approximate surface area is 187 Å². The average Bonchev–Trinajstić information content (AvgIpc) is 2.68. The van der Waals surface area contributed by atoms with Gasteiger partial charge < -0.3 is 10.6 Å². The number of amides is 2. The lowest BCUT2D eigenvalue weighted by Crippen LogP contribution is -2.32. The van der Waals surface area contributed by atoms with Gasteiger partial charge in [0.1, 0.15) is 5.92 Å². The van der Waals surface area contributed by atoms with Crippen LogP contribution in [0.4, 0.5) is 11.4 Å². The fourth-order valence-electron chi connectivity index (χ4n) is 2.94. The number of rotatable bonds is 5. The number of benzene rings is 3. The quantitative estimate of drug-likeness (QED) is 0.398. The van der Waals surface area contributed by atoms with Gasteiger partial charge in [-0.2, -0.15) is 0 Å². The highest BCUT2D eigenvalue weighted by molar-refractivity contribution is 9.10. The first-order chi connectivity index (χ1) is 13.8. The molecule has 0 saturated heterocycles. The molecule has 0 saturated carbocycles. The van der Waals surface area contributed by atoms with E-state index < -0.39 is 5.92 Å². The van der Waals surface area contributed by atoms with E-state index in [0.717, 1.165) is 20.1 Å². The molecule has 0 aliphatic heterocycles. The molecule has 0 aromatic heterocycles. The highest BCUT2D eigenvalue weighted by Crippen LogP contribution is 2.25. The van der Waals surface area contributed by atoms with Gasteiger partial charge in [0.15, 0.2) is 0 Å². The van der Waals surface area contributed by atoms with Crippen LogP contribution in [-0.4, -0.2) is 11.8 Å². The van der Waals surface area contributed by atoms with Crippen LogP contribution in [0.2, 0.25) is 0 Å². The molecule has 0 bridgehead atoms. The first-order valence-electron chi connectivity index (χ1n) is 9.04. The van der Waals surface area contributed by atoms with Crippen LogP contribution in [-0.2, 0) is 9.59 Å². The lowest BCUT2D eigenvalue weighted by atomic mass is 9.96. The monoisotopic (exact) mass is 514 g/mol. The molecule has 4 nitrogen and oxygen atoms in total. The van der Waals surface area contributed by atoms with Gasteiger partial charge in [-0.05, 0) is 66.9 Å². The van der Waals surface area contributed by atoms with Crippen molar-refractivity contribution in [3.05, 3.63) is 92.4 Å². The predicted molar refractivity (Wildman–Crippen MR) is 124 cm³/mol. The normalized spacial score (nSPS) is 10.7. The van der Waals surface area contributed by atoms with Gasteiger partial charge in [0, 0.05) is 20.3 Å². The van der Waals surface area contributed by atoms with Crippen LogP contribution >= 0.6 is 31.9 Å². The van der Waals surface area contributed by atoms with Crippen molar-refractivity contribution in [1.29, 1.82) is 0 Å². The van der Waals surface area contributed by atoms with Gasteiger partial charge in [-0.1, -0.05) is 62.2 Å². The maximum absolute atomic E-state index is 13.1. The summed E-state index contributed by atoms with van der Waals surface area (Å²) in [6, 6.07) is 20.1. The number of carbonyl (C=O) groups excluding carboxylic acids is 2. The zero-order valence-corrected chi connectivity index (χ0v) is 19.2. The second-order valence-corrected chi connectivity index (χ2v) is 8.46. The third-order valence-electron chi connectivity index (χ3n) is 4.51. The zero-order chi connectivity index (χ0) is 21.0. The number of nitrogens with one attached hydrogen (secondary N) is 2. The van der Waals surface area contributed by atoms with Crippen LogP contribution in [0.1, 0.15) is 22.6 Å². The van der Waals surface area contributed by atoms with E-state index in [9.17, 15) is 9.59 Å². The zero-order valence-electron chi connectivity index (χ0n) is 16.0. The largest absolute Gasteiger partial charge is 0.325 e. The molecular formula is C23H20Br2N2O2. The first kappa shape index (κ1) is 21.3. The number of halogens is 2. The van der Waals surface area contributed by atoms with E-state index in [4.69, 9.17) is 0 Å². The van der Waals surface area contributed by atoms with E-state index in [1.807, 2.05) is 56.3 Å². The van der Waals surface area contributed by atoms with Crippen molar-refractivity contribution < 1.29 is 9.59 Å². The Bertz CT molecular complexity index is 986. The molecule has 0 fully saturated rings. The van der Waals surface area contributed by atoms with Gasteiger partial charge in [-0.25, -0.2) is 0 Å². The molecule has 0 radical (unpaired) electrons. The van der Waals surface area contributed by atoms with Crippen LogP contribution in [0.3, 0.4) is 0 Å². The molecule has 0 heterocycles. The Hall–Kier alpha value is -2.44. The molecule has 0 aliphatic carbocycles. The van der Waals surface area contributed by atoms with E-state index in [1.165, 1.54) is 0 Å². The molecule has 0 unspecified atom stereocenters. The average molecular weight is 516 g/mol. The molecule has 2 amide bonds. The number of carbonyl (C=O) groups is 2. The Kier molecular flexibility index (Phi) is 6.87. The number of hydrogen-bond donors (Lipinski definition) is 2. The van der Waals surface area contributed by atoms with Gasteiger partial charge in [0.2, 0.25) is 11.8 Å². The van der Waals surface area contributed by atoms with Crippen LogP contribution in [0.15, 0.2) is 75.7 Å². The summed E-state index contributed by atoms with van der Waals surface area (Å²) in [7, 11) is 0. The van der Waals surface area contributed by atoms with Crippen LogP contribution in [0.25, 0.3) is 0 Å². The summed E-state index contributed by atoms with van der Waals surface area (Å²) in [5, 5.41) is 5.74. The number of aryl methyl sites for hydroxylation is 2. The van der Waals surface area contributed by atoms with Gasteiger partial charge in [0.05, 0.1) is 0 Å². The fourth-order valence-corrected chi connectivity index (χ4v) is 3.43. The highest BCUT2D eigenvalue weighted by atomic mass is 79.9. The Balaban J connectivity index is 1.87. The summed E-state index contributed by atoms with van der Waals surface area (Å²) in [4.78, 5) is 26.1. The predicted octanol–water partition coefficient (Wildman–Crippen LogP) is 6.19. The van der Waals surface area contributed by atoms with Gasteiger partial charge >= 0.3 is 0 Å². The molecule has 3 rings (SSSR count). The third-order valence-corrected chi connectivity index (χ3v) is 6.29. The second kappa shape index (κ2) is 9.37. The lowest BCUT2D eigenvalue weighted by Gasteiger charge is -2.18. The standard InChI is InChI=1S/C23H20Br2N2O2/c1-14-12-17(8-10-19(14)24)26-22(28)21(16-6-4-3-5-7-16)23(29)27-18-9-11-20(25)15(2)13-18/h3-13,21H,1-2H3,(H,26,28)(H,27,29). The van der Waals surface area contributed by atoms with Gasteiger partial charge in [0.25, 0.3) is 0 Å². The summed E-state index contributed by atoms with van der Waals surface area (Å²) in [6.07, 6.45) is 0. The summed E-state index contributed by atoms with van der Waals surface area (Å²) in [5.74, 6) is -1.75. The lowest BCUT2D eigenvalue weighted by molar-refractivity contribution is -0.125. The van der Waals surface area contributed by atoms with Crippen molar-refractivity contribution in [2.24, 2.45) is 0 Å². The first-order valence-corrected chi connectivity index (χ1v) is 10.6. The Morgan fingerprint density at radius 3 is 1.59 bits per heavy atom. The molecule has 6 heteroatoms. The molecule has 3 aromatic carbocycles. The third kappa shape index (κ3) is 5.34. The number of anilines is 2. The molecule has 2 N–H and O–H groups in total. The molecule has 0 spiro atoms. The summed E-state index contributed by atoms with van der Waals surface area (Å²) < 4.78 is 1.91. The van der Waals surface area contributed by atoms with Crippen molar-refractivity contribution >= 4 is 55.0 Å². The Morgan fingerprint density at radius 2 is 1.17 bits per heavy atom. The van der Waals surface area contributed by atoms with Crippen molar-refractivity contribution in [1.82, 2.24) is 0 Å². The van der Waals surface area contributed by atoms with Gasteiger partial charge in [-0.3, -0.25) is 9.59 Å². The molecular weight excluding hydrogens is 496 g/mol. The molecule has 3 aromatic rings. The highest BCUT2D eigenvalue weighted by Gasteiger charge is 2.29. The SMILES string of the molecule is Cc1cc(NC(=O)C(C(=O)Nc2ccc(Br)c(C)c2)c2ccccc2)ccc1Br. The van der Waals surface area contributed by atoms with E-state index in [1.54, 1.807) is 24.3 Å². The van der Waals surface area contributed by atoms with E-state index in [2.05, 4.69) is 42.5 Å². The van der Waals surface area contributed by atoms with Crippen molar-refractivity contribution in [2.75, 3.05) is 10.6 Å².